The third-order valence-electron chi connectivity index (χ3n) is 2.66. The van der Waals surface area contributed by atoms with Crippen LogP contribution in [-0.4, -0.2) is 12.9 Å². The van der Waals surface area contributed by atoms with Crippen LogP contribution in [0.3, 0.4) is 0 Å². The minimum atomic E-state index is -0.226. The molecule has 0 N–H and O–H groups in total. The topological polar surface area (TPSA) is 50.1 Å². The molecule has 0 fully saturated rings. The number of ketones is 1. The Morgan fingerprint density at radius 3 is 2.74 bits per heavy atom. The summed E-state index contributed by atoms with van der Waals surface area (Å²) < 4.78 is 5.16. The lowest BCUT2D eigenvalue weighted by atomic mass is 10.0. The highest BCUT2D eigenvalue weighted by Gasteiger charge is 2.15. The summed E-state index contributed by atoms with van der Waals surface area (Å²) in [5.74, 6) is 0.230. The molecule has 0 spiro atoms. The van der Waals surface area contributed by atoms with Crippen LogP contribution in [-0.2, 0) is 0 Å². The Kier molecular flexibility index (Phi) is 3.84. The van der Waals surface area contributed by atoms with Crippen molar-refractivity contribution in [3.63, 3.8) is 0 Å². The molecule has 0 unspecified atom stereocenters. The highest BCUT2D eigenvalue weighted by molar-refractivity contribution is 6.31. The summed E-state index contributed by atoms with van der Waals surface area (Å²) in [4.78, 5) is 12.4. The van der Waals surface area contributed by atoms with Gasteiger partial charge in [0.15, 0.2) is 5.78 Å². The number of carbonyl (C=O) groups is 1. The molecule has 0 saturated heterocycles. The standard InChI is InChI=1S/C15H10ClNO2/c1-19-14-6-5-12(16)8-13(14)15(18)11-4-2-3-10(7-11)9-17/h2-8H,1H3. The Morgan fingerprint density at radius 2 is 2.05 bits per heavy atom. The van der Waals surface area contributed by atoms with E-state index in [1.165, 1.54) is 7.11 Å². The largest absolute Gasteiger partial charge is 0.496 e. The second-order valence-corrected chi connectivity index (χ2v) is 4.30. The van der Waals surface area contributed by atoms with E-state index in [1.807, 2.05) is 6.07 Å². The van der Waals surface area contributed by atoms with Crippen molar-refractivity contribution in [2.24, 2.45) is 0 Å². The van der Waals surface area contributed by atoms with Gasteiger partial charge in [0.25, 0.3) is 0 Å². The first-order valence-electron chi connectivity index (χ1n) is 5.54. The van der Waals surface area contributed by atoms with Crippen LogP contribution in [0.1, 0.15) is 21.5 Å². The average molecular weight is 272 g/mol. The van der Waals surface area contributed by atoms with E-state index in [1.54, 1.807) is 42.5 Å². The van der Waals surface area contributed by atoms with Crippen molar-refractivity contribution in [1.29, 1.82) is 5.26 Å². The van der Waals surface area contributed by atoms with Gasteiger partial charge in [-0.1, -0.05) is 23.7 Å². The zero-order chi connectivity index (χ0) is 13.8. The molecule has 3 nitrogen and oxygen atoms in total. The van der Waals surface area contributed by atoms with E-state index in [0.29, 0.717) is 27.5 Å². The normalized spacial score (nSPS) is 9.74. The van der Waals surface area contributed by atoms with E-state index in [-0.39, 0.29) is 5.78 Å². The summed E-state index contributed by atoms with van der Waals surface area (Å²) in [5, 5.41) is 9.31. The number of carbonyl (C=O) groups excluding carboxylic acids is 1. The SMILES string of the molecule is COc1ccc(Cl)cc1C(=O)c1cccc(C#N)c1. The summed E-state index contributed by atoms with van der Waals surface area (Å²) in [6, 6.07) is 13.4. The van der Waals surface area contributed by atoms with Crippen LogP contribution in [0, 0.1) is 11.3 Å². The predicted octanol–water partition coefficient (Wildman–Crippen LogP) is 3.45. The summed E-state index contributed by atoms with van der Waals surface area (Å²) in [6.45, 7) is 0. The zero-order valence-corrected chi connectivity index (χ0v) is 10.9. The van der Waals surface area contributed by atoms with Crippen molar-refractivity contribution in [2.45, 2.75) is 0 Å². The third-order valence-corrected chi connectivity index (χ3v) is 2.90. The molecule has 0 saturated carbocycles. The summed E-state index contributed by atoms with van der Waals surface area (Å²) in [7, 11) is 1.49. The number of hydrogen-bond donors (Lipinski definition) is 0. The van der Waals surface area contributed by atoms with Gasteiger partial charge in [0.05, 0.1) is 24.3 Å². The van der Waals surface area contributed by atoms with Crippen molar-refractivity contribution in [2.75, 3.05) is 7.11 Å². The molecule has 0 bridgehead atoms. The van der Waals surface area contributed by atoms with Gasteiger partial charge in [-0.3, -0.25) is 4.79 Å². The number of benzene rings is 2. The van der Waals surface area contributed by atoms with Gasteiger partial charge in [0.1, 0.15) is 5.75 Å². The van der Waals surface area contributed by atoms with Gasteiger partial charge in [-0.2, -0.15) is 5.26 Å². The van der Waals surface area contributed by atoms with Gasteiger partial charge in [0.2, 0.25) is 0 Å². The van der Waals surface area contributed by atoms with Crippen LogP contribution in [0.4, 0.5) is 0 Å². The van der Waals surface area contributed by atoms with Crippen LogP contribution in [0.5, 0.6) is 5.75 Å². The van der Waals surface area contributed by atoms with E-state index in [0.717, 1.165) is 0 Å². The van der Waals surface area contributed by atoms with Crippen LogP contribution in [0.15, 0.2) is 42.5 Å². The van der Waals surface area contributed by atoms with E-state index in [2.05, 4.69) is 0 Å². The Hall–Kier alpha value is -2.31. The summed E-state index contributed by atoms with van der Waals surface area (Å²) in [6.07, 6.45) is 0. The number of methoxy groups -OCH3 is 1. The molecular weight excluding hydrogens is 262 g/mol. The monoisotopic (exact) mass is 271 g/mol. The number of rotatable bonds is 3. The first kappa shape index (κ1) is 13.1. The van der Waals surface area contributed by atoms with Crippen molar-refractivity contribution in [1.82, 2.24) is 0 Å². The zero-order valence-electron chi connectivity index (χ0n) is 10.2. The summed E-state index contributed by atoms with van der Waals surface area (Å²) in [5.41, 5.74) is 1.25. The molecule has 94 valence electrons. The third kappa shape index (κ3) is 2.75. The minimum absolute atomic E-state index is 0.226. The second-order valence-electron chi connectivity index (χ2n) is 3.87. The first-order valence-corrected chi connectivity index (χ1v) is 5.92. The molecule has 0 aliphatic heterocycles. The lowest BCUT2D eigenvalue weighted by molar-refractivity contribution is 0.103. The van der Waals surface area contributed by atoms with Gasteiger partial charge in [-0.05, 0) is 30.3 Å². The molecule has 0 heterocycles. The minimum Gasteiger partial charge on any atom is -0.496 e. The molecule has 4 heteroatoms. The fourth-order valence-corrected chi connectivity index (χ4v) is 1.92. The van der Waals surface area contributed by atoms with Gasteiger partial charge < -0.3 is 4.74 Å². The van der Waals surface area contributed by atoms with Gasteiger partial charge in [0, 0.05) is 10.6 Å². The highest BCUT2D eigenvalue weighted by Crippen LogP contribution is 2.25. The van der Waals surface area contributed by atoms with Crippen LogP contribution < -0.4 is 4.74 Å². The molecular formula is C15H10ClNO2. The Bertz CT molecular complexity index is 674. The molecule has 2 aromatic rings. The molecule has 2 aromatic carbocycles. The number of ether oxygens (including phenoxy) is 1. The Balaban J connectivity index is 2.49. The molecule has 0 radical (unpaired) electrons. The van der Waals surface area contributed by atoms with Crippen LogP contribution in [0.25, 0.3) is 0 Å². The molecule has 19 heavy (non-hydrogen) atoms. The van der Waals surface area contributed by atoms with E-state index >= 15 is 0 Å². The highest BCUT2D eigenvalue weighted by atomic mass is 35.5. The maximum absolute atomic E-state index is 12.4. The number of halogens is 1. The van der Waals surface area contributed by atoms with Gasteiger partial charge >= 0.3 is 0 Å². The number of nitriles is 1. The molecule has 0 aromatic heterocycles. The Labute approximate surface area is 116 Å². The Morgan fingerprint density at radius 1 is 1.26 bits per heavy atom. The molecule has 0 aliphatic carbocycles. The van der Waals surface area contributed by atoms with Crippen molar-refractivity contribution >= 4 is 17.4 Å². The van der Waals surface area contributed by atoms with Crippen molar-refractivity contribution in [3.8, 4) is 11.8 Å². The van der Waals surface area contributed by atoms with Gasteiger partial charge in [-0.25, -0.2) is 0 Å². The lowest BCUT2D eigenvalue weighted by Gasteiger charge is -2.08. The summed E-state index contributed by atoms with van der Waals surface area (Å²) >= 11 is 5.90. The predicted molar refractivity (Wildman–Crippen MR) is 72.6 cm³/mol. The maximum atomic E-state index is 12.4. The van der Waals surface area contributed by atoms with Gasteiger partial charge in [-0.15, -0.1) is 0 Å². The van der Waals surface area contributed by atoms with Crippen LogP contribution in [0.2, 0.25) is 5.02 Å². The smallest absolute Gasteiger partial charge is 0.196 e. The fourth-order valence-electron chi connectivity index (χ4n) is 1.74. The quantitative estimate of drug-likeness (QED) is 0.804. The lowest BCUT2D eigenvalue weighted by Crippen LogP contribution is -2.04. The van der Waals surface area contributed by atoms with E-state index in [4.69, 9.17) is 21.6 Å². The average Bonchev–Trinajstić information content (AvgIpc) is 2.46. The number of nitrogens with zero attached hydrogens (tertiary/aromatic N) is 1. The van der Waals surface area contributed by atoms with E-state index in [9.17, 15) is 4.79 Å². The number of hydrogen-bond acceptors (Lipinski definition) is 3. The van der Waals surface area contributed by atoms with Crippen molar-refractivity contribution < 1.29 is 9.53 Å². The first-order chi connectivity index (χ1) is 9.15. The maximum Gasteiger partial charge on any atom is 0.196 e. The van der Waals surface area contributed by atoms with Crippen LogP contribution >= 0.6 is 11.6 Å². The van der Waals surface area contributed by atoms with Crippen molar-refractivity contribution in [3.05, 3.63) is 64.2 Å². The molecule has 0 amide bonds. The molecule has 0 aliphatic rings. The van der Waals surface area contributed by atoms with E-state index < -0.39 is 0 Å². The molecule has 2 rings (SSSR count). The fraction of sp³-hybridized carbons (Fsp3) is 0.0667. The second kappa shape index (κ2) is 5.55. The molecule has 0 atom stereocenters.